The van der Waals surface area contributed by atoms with Crippen LogP contribution in [0.3, 0.4) is 0 Å². The van der Waals surface area contributed by atoms with E-state index >= 15 is 0 Å². The Morgan fingerprint density at radius 2 is 2.04 bits per heavy atom. The van der Waals surface area contributed by atoms with E-state index in [1.165, 1.54) is 17.0 Å². The molecule has 27 heavy (non-hydrogen) atoms. The summed E-state index contributed by atoms with van der Waals surface area (Å²) in [7, 11) is 1.66. The third-order valence-corrected chi connectivity index (χ3v) is 5.03. The molecule has 1 aliphatic heterocycles. The summed E-state index contributed by atoms with van der Waals surface area (Å²) in [5, 5.41) is 10.3. The van der Waals surface area contributed by atoms with Crippen LogP contribution in [0.4, 0.5) is 10.1 Å². The quantitative estimate of drug-likeness (QED) is 0.718. The minimum absolute atomic E-state index is 0.273. The second-order valence-electron chi connectivity index (χ2n) is 6.72. The Balaban J connectivity index is 1.66. The number of rotatable bonds is 3. The van der Waals surface area contributed by atoms with Gasteiger partial charge >= 0.3 is 0 Å². The van der Waals surface area contributed by atoms with Crippen molar-refractivity contribution in [1.82, 2.24) is 15.2 Å². The van der Waals surface area contributed by atoms with Gasteiger partial charge in [-0.2, -0.15) is 0 Å². The average Bonchev–Trinajstić information content (AvgIpc) is 3.23. The number of carbonyl (C=O) groups is 2. The number of anilines is 1. The van der Waals surface area contributed by atoms with Gasteiger partial charge in [-0.3, -0.25) is 9.59 Å². The molecule has 1 N–H and O–H groups in total. The number of benzene rings is 2. The number of halogens is 1. The van der Waals surface area contributed by atoms with Crippen molar-refractivity contribution < 1.29 is 18.6 Å². The van der Waals surface area contributed by atoms with Crippen LogP contribution >= 0.6 is 0 Å². The van der Waals surface area contributed by atoms with E-state index in [-0.39, 0.29) is 11.8 Å². The van der Waals surface area contributed by atoms with Crippen molar-refractivity contribution in [1.29, 1.82) is 0 Å². The second-order valence-corrected chi connectivity index (χ2v) is 6.72. The molecule has 7 nitrogen and oxygen atoms in total. The van der Waals surface area contributed by atoms with Gasteiger partial charge < -0.3 is 10.2 Å². The number of aromatic nitrogens is 2. The van der Waals surface area contributed by atoms with Crippen molar-refractivity contribution in [3.05, 3.63) is 53.3 Å². The molecule has 0 unspecified atom stereocenters. The number of nitrogens with one attached hydrogen (secondary N) is 1. The number of nitrogens with zero attached hydrogens (tertiary/aromatic N) is 3. The Morgan fingerprint density at radius 1 is 1.26 bits per heavy atom. The number of fused-ring (bicyclic) bond motifs is 1. The zero-order valence-electron chi connectivity index (χ0n) is 14.8. The molecule has 2 aromatic carbocycles. The topological polar surface area (TPSA) is 88.3 Å². The molecule has 0 bridgehead atoms. The number of likely N-dealkylation sites (tertiary alicyclic amines) is 1. The first kappa shape index (κ1) is 17.1. The first-order valence-electron chi connectivity index (χ1n) is 8.49. The zero-order valence-corrected chi connectivity index (χ0v) is 14.8. The fourth-order valence-corrected chi connectivity index (χ4v) is 3.48. The summed E-state index contributed by atoms with van der Waals surface area (Å²) in [5.41, 5.74) is 2.66. The van der Waals surface area contributed by atoms with Crippen LogP contribution in [0.15, 0.2) is 41.0 Å². The van der Waals surface area contributed by atoms with Gasteiger partial charge in [0, 0.05) is 30.8 Å². The second kappa shape index (κ2) is 6.46. The molecule has 138 valence electrons. The normalized spacial score (nSPS) is 19.7. The minimum Gasteiger partial charge on any atom is -0.344 e. The standard InChI is InChI=1S/C19H17FN4O3/c1-10-13(20)4-3-5-14(10)21-18(25)17-12(9-24(2)19(17)26)11-6-7-15-16(8-11)23-27-22-15/h3-8,12,17H,9H2,1-2H3,(H,21,25)/t12-,17+/m0/s1. The molecular formula is C19H17FN4O3. The lowest BCUT2D eigenvalue weighted by atomic mass is 9.87. The number of amides is 2. The van der Waals surface area contributed by atoms with E-state index in [0.717, 1.165) is 5.56 Å². The Bertz CT molecular complexity index is 1050. The highest BCUT2D eigenvalue weighted by Crippen LogP contribution is 2.35. The molecular weight excluding hydrogens is 351 g/mol. The minimum atomic E-state index is -0.907. The van der Waals surface area contributed by atoms with Crippen molar-refractivity contribution in [2.24, 2.45) is 5.92 Å². The molecule has 2 heterocycles. The van der Waals surface area contributed by atoms with Crippen molar-refractivity contribution >= 4 is 28.5 Å². The van der Waals surface area contributed by atoms with E-state index < -0.39 is 17.6 Å². The lowest BCUT2D eigenvalue weighted by Crippen LogP contribution is -2.33. The van der Waals surface area contributed by atoms with Gasteiger partial charge in [-0.15, -0.1) is 0 Å². The monoisotopic (exact) mass is 368 g/mol. The Morgan fingerprint density at radius 3 is 2.85 bits per heavy atom. The Kier molecular flexibility index (Phi) is 4.10. The van der Waals surface area contributed by atoms with E-state index in [1.54, 1.807) is 32.2 Å². The van der Waals surface area contributed by atoms with Crippen LogP contribution in [-0.2, 0) is 9.59 Å². The van der Waals surface area contributed by atoms with Crippen LogP contribution in [0.1, 0.15) is 17.0 Å². The molecule has 0 aliphatic carbocycles. The van der Waals surface area contributed by atoms with Gasteiger partial charge in [0.2, 0.25) is 11.8 Å². The maximum Gasteiger partial charge on any atom is 0.237 e. The highest BCUT2D eigenvalue weighted by Gasteiger charge is 2.44. The predicted octanol–water partition coefficient (Wildman–Crippen LogP) is 2.48. The fourth-order valence-electron chi connectivity index (χ4n) is 3.48. The van der Waals surface area contributed by atoms with E-state index in [9.17, 15) is 14.0 Å². The van der Waals surface area contributed by atoms with Crippen LogP contribution in [0.5, 0.6) is 0 Å². The number of hydrogen-bond donors (Lipinski definition) is 1. The summed E-state index contributed by atoms with van der Waals surface area (Å²) in [6.45, 7) is 1.98. The van der Waals surface area contributed by atoms with Gasteiger partial charge in [-0.05, 0) is 47.1 Å². The van der Waals surface area contributed by atoms with Gasteiger partial charge in [0.1, 0.15) is 22.8 Å². The molecule has 2 atom stereocenters. The van der Waals surface area contributed by atoms with E-state index in [0.29, 0.717) is 28.8 Å². The number of carbonyl (C=O) groups excluding carboxylic acids is 2. The Hall–Kier alpha value is -3.29. The fraction of sp³-hybridized carbons (Fsp3) is 0.263. The predicted molar refractivity (Wildman–Crippen MR) is 95.4 cm³/mol. The van der Waals surface area contributed by atoms with E-state index in [2.05, 4.69) is 15.6 Å². The molecule has 0 saturated carbocycles. The van der Waals surface area contributed by atoms with Crippen LogP contribution in [0, 0.1) is 18.7 Å². The highest BCUT2D eigenvalue weighted by molar-refractivity contribution is 6.08. The summed E-state index contributed by atoms with van der Waals surface area (Å²) in [4.78, 5) is 27.1. The highest BCUT2D eigenvalue weighted by atomic mass is 19.1. The van der Waals surface area contributed by atoms with Crippen LogP contribution in [0.2, 0.25) is 0 Å². The largest absolute Gasteiger partial charge is 0.344 e. The SMILES string of the molecule is Cc1c(F)cccc1NC(=O)[C@@H]1C(=O)N(C)C[C@H]1c1ccc2nonc2c1. The summed E-state index contributed by atoms with van der Waals surface area (Å²) in [6.07, 6.45) is 0. The molecule has 1 fully saturated rings. The third kappa shape index (κ3) is 2.92. The molecule has 3 aromatic rings. The zero-order chi connectivity index (χ0) is 19.1. The molecule has 4 rings (SSSR count). The molecule has 8 heteroatoms. The molecule has 1 saturated heterocycles. The van der Waals surface area contributed by atoms with Gasteiger partial charge in [0.15, 0.2) is 0 Å². The third-order valence-electron chi connectivity index (χ3n) is 5.03. The van der Waals surface area contributed by atoms with Crippen molar-refractivity contribution in [2.45, 2.75) is 12.8 Å². The van der Waals surface area contributed by atoms with Gasteiger partial charge in [-0.25, -0.2) is 9.02 Å². The smallest absolute Gasteiger partial charge is 0.237 e. The maximum atomic E-state index is 13.8. The summed E-state index contributed by atoms with van der Waals surface area (Å²) < 4.78 is 18.5. The van der Waals surface area contributed by atoms with Crippen molar-refractivity contribution in [3.63, 3.8) is 0 Å². The molecule has 0 spiro atoms. The maximum absolute atomic E-state index is 13.8. The lowest BCUT2D eigenvalue weighted by molar-refractivity contribution is -0.135. The van der Waals surface area contributed by atoms with Gasteiger partial charge in [-0.1, -0.05) is 12.1 Å². The lowest BCUT2D eigenvalue weighted by Gasteiger charge is -2.17. The summed E-state index contributed by atoms with van der Waals surface area (Å²) in [6, 6.07) is 9.79. The summed E-state index contributed by atoms with van der Waals surface area (Å²) >= 11 is 0. The van der Waals surface area contributed by atoms with Crippen LogP contribution in [0.25, 0.3) is 11.0 Å². The molecule has 1 aromatic heterocycles. The van der Waals surface area contributed by atoms with Gasteiger partial charge in [0.05, 0.1) is 0 Å². The van der Waals surface area contributed by atoms with Crippen LogP contribution in [-0.4, -0.2) is 40.6 Å². The van der Waals surface area contributed by atoms with Gasteiger partial charge in [0.25, 0.3) is 0 Å². The van der Waals surface area contributed by atoms with Crippen molar-refractivity contribution in [3.8, 4) is 0 Å². The van der Waals surface area contributed by atoms with E-state index in [1.807, 2.05) is 6.07 Å². The first-order valence-corrected chi connectivity index (χ1v) is 8.49. The van der Waals surface area contributed by atoms with E-state index in [4.69, 9.17) is 4.63 Å². The molecule has 0 radical (unpaired) electrons. The number of likely N-dealkylation sites (N-methyl/N-ethyl adjacent to an activating group) is 1. The van der Waals surface area contributed by atoms with Crippen molar-refractivity contribution in [2.75, 3.05) is 18.9 Å². The average molecular weight is 368 g/mol. The van der Waals surface area contributed by atoms with Crippen LogP contribution < -0.4 is 5.32 Å². The summed E-state index contributed by atoms with van der Waals surface area (Å²) in [5.74, 6) is -2.40. The molecule has 1 aliphatic rings. The first-order chi connectivity index (χ1) is 13.0. The number of hydrogen-bond acceptors (Lipinski definition) is 5. The Labute approximate surface area is 154 Å². The molecule has 2 amide bonds.